The largest absolute Gasteiger partial charge is 0.370 e. The highest BCUT2D eigenvalue weighted by atomic mass is 15.0. The summed E-state index contributed by atoms with van der Waals surface area (Å²) >= 11 is 0. The number of pyridine rings is 1. The van der Waals surface area contributed by atoms with Crippen molar-refractivity contribution in [2.24, 2.45) is 0 Å². The van der Waals surface area contributed by atoms with Crippen molar-refractivity contribution < 1.29 is 0 Å². The van der Waals surface area contributed by atoms with Crippen LogP contribution in [0.15, 0.2) is 18.2 Å². The van der Waals surface area contributed by atoms with Gasteiger partial charge in [-0.05, 0) is 38.3 Å². The van der Waals surface area contributed by atoms with Crippen molar-refractivity contribution in [3.05, 3.63) is 35.2 Å². The average molecular weight is 284 g/mol. The molecule has 112 valence electrons. The Hall–Kier alpha value is -1.97. The summed E-state index contributed by atoms with van der Waals surface area (Å²) in [5.74, 6) is 2.03. The molecule has 0 radical (unpaired) electrons. The molecule has 2 heterocycles. The van der Waals surface area contributed by atoms with Gasteiger partial charge in [-0.15, -0.1) is 0 Å². The lowest BCUT2D eigenvalue weighted by atomic mass is 10.0. The summed E-state index contributed by atoms with van der Waals surface area (Å²) < 4.78 is 0. The quantitative estimate of drug-likeness (QED) is 0.898. The van der Waals surface area contributed by atoms with Crippen molar-refractivity contribution >= 4 is 5.82 Å². The van der Waals surface area contributed by atoms with Crippen molar-refractivity contribution in [2.75, 3.05) is 11.9 Å². The number of nitrogens with zero attached hydrogens (tertiary/aromatic N) is 3. The molecule has 0 bridgehead atoms. The third-order valence-corrected chi connectivity index (χ3v) is 3.37. The minimum absolute atomic E-state index is 0.392. The second kappa shape index (κ2) is 6.66. The van der Waals surface area contributed by atoms with Crippen LogP contribution >= 0.6 is 0 Å². The van der Waals surface area contributed by atoms with Crippen LogP contribution in [0.1, 0.15) is 50.1 Å². The predicted molar refractivity (Wildman–Crippen MR) is 87.6 cm³/mol. The standard InChI is InChI=1S/C17H24N4/c1-6-10-18-17-15(11(2)3)13(5)20-16(21-17)14-9-7-8-12(4)19-14/h7-9,11H,6,10H2,1-5H3,(H,18,20,21). The van der Waals surface area contributed by atoms with E-state index in [1.807, 2.05) is 32.0 Å². The van der Waals surface area contributed by atoms with Crippen LogP contribution in [0.2, 0.25) is 0 Å². The zero-order valence-corrected chi connectivity index (χ0v) is 13.6. The Kier molecular flexibility index (Phi) is 4.89. The maximum atomic E-state index is 4.72. The maximum absolute atomic E-state index is 4.72. The molecule has 0 fully saturated rings. The van der Waals surface area contributed by atoms with E-state index in [2.05, 4.69) is 36.1 Å². The van der Waals surface area contributed by atoms with Crippen LogP contribution < -0.4 is 5.32 Å². The van der Waals surface area contributed by atoms with Crippen molar-refractivity contribution in [1.82, 2.24) is 15.0 Å². The molecule has 0 unspecified atom stereocenters. The first-order chi connectivity index (χ1) is 10.0. The summed E-state index contributed by atoms with van der Waals surface area (Å²) in [5.41, 5.74) is 4.02. The molecule has 0 amide bonds. The van der Waals surface area contributed by atoms with Crippen molar-refractivity contribution in [3.8, 4) is 11.5 Å². The Morgan fingerprint density at radius 3 is 2.48 bits per heavy atom. The lowest BCUT2D eigenvalue weighted by Crippen LogP contribution is -2.11. The number of aryl methyl sites for hydroxylation is 2. The molecule has 0 saturated heterocycles. The Balaban J connectivity index is 2.51. The third kappa shape index (κ3) is 3.57. The molecule has 4 nitrogen and oxygen atoms in total. The van der Waals surface area contributed by atoms with Gasteiger partial charge < -0.3 is 5.32 Å². The summed E-state index contributed by atoms with van der Waals surface area (Å²) in [7, 11) is 0. The first kappa shape index (κ1) is 15.4. The van der Waals surface area contributed by atoms with Gasteiger partial charge in [-0.1, -0.05) is 26.8 Å². The minimum Gasteiger partial charge on any atom is -0.370 e. The Bertz CT molecular complexity index is 620. The summed E-state index contributed by atoms with van der Waals surface area (Å²) in [5, 5.41) is 3.43. The van der Waals surface area contributed by atoms with Gasteiger partial charge in [-0.2, -0.15) is 0 Å². The molecule has 0 aromatic carbocycles. The fourth-order valence-corrected chi connectivity index (χ4v) is 2.43. The molecule has 2 rings (SSSR count). The molecule has 21 heavy (non-hydrogen) atoms. The molecule has 0 aliphatic rings. The average Bonchev–Trinajstić information content (AvgIpc) is 2.44. The number of hydrogen-bond acceptors (Lipinski definition) is 4. The Morgan fingerprint density at radius 1 is 1.10 bits per heavy atom. The lowest BCUT2D eigenvalue weighted by Gasteiger charge is -2.17. The minimum atomic E-state index is 0.392. The lowest BCUT2D eigenvalue weighted by molar-refractivity contribution is 0.826. The van der Waals surface area contributed by atoms with Crippen LogP contribution in [-0.4, -0.2) is 21.5 Å². The number of aromatic nitrogens is 3. The second-order valence-corrected chi connectivity index (χ2v) is 5.64. The van der Waals surface area contributed by atoms with Gasteiger partial charge in [0.2, 0.25) is 0 Å². The molecule has 2 aromatic heterocycles. The molecule has 2 aromatic rings. The number of anilines is 1. The highest BCUT2D eigenvalue weighted by molar-refractivity contribution is 5.57. The molecule has 1 N–H and O–H groups in total. The summed E-state index contributed by atoms with van der Waals surface area (Å²) in [6, 6.07) is 5.93. The number of nitrogens with one attached hydrogen (secondary N) is 1. The Morgan fingerprint density at radius 2 is 1.86 bits per heavy atom. The van der Waals surface area contributed by atoms with Gasteiger partial charge in [0.05, 0.1) is 0 Å². The van der Waals surface area contributed by atoms with E-state index in [0.717, 1.165) is 35.9 Å². The van der Waals surface area contributed by atoms with E-state index >= 15 is 0 Å². The number of hydrogen-bond donors (Lipinski definition) is 1. The monoisotopic (exact) mass is 284 g/mol. The molecule has 0 aliphatic carbocycles. The highest BCUT2D eigenvalue weighted by Gasteiger charge is 2.15. The van der Waals surface area contributed by atoms with Crippen LogP contribution in [0, 0.1) is 13.8 Å². The smallest absolute Gasteiger partial charge is 0.180 e. The predicted octanol–water partition coefficient (Wildman–Crippen LogP) is 4.10. The Labute approximate surface area is 127 Å². The van der Waals surface area contributed by atoms with Crippen LogP contribution in [0.3, 0.4) is 0 Å². The summed E-state index contributed by atoms with van der Waals surface area (Å²) in [4.78, 5) is 13.9. The highest BCUT2D eigenvalue weighted by Crippen LogP contribution is 2.27. The van der Waals surface area contributed by atoms with E-state index in [4.69, 9.17) is 4.98 Å². The summed E-state index contributed by atoms with van der Waals surface area (Å²) in [6.07, 6.45) is 1.07. The van der Waals surface area contributed by atoms with Crippen LogP contribution in [0.25, 0.3) is 11.5 Å². The molecular weight excluding hydrogens is 260 g/mol. The molecule has 0 spiro atoms. The van der Waals surface area contributed by atoms with E-state index in [9.17, 15) is 0 Å². The van der Waals surface area contributed by atoms with Gasteiger partial charge in [0.15, 0.2) is 5.82 Å². The second-order valence-electron chi connectivity index (χ2n) is 5.64. The van der Waals surface area contributed by atoms with Crippen LogP contribution in [0.4, 0.5) is 5.82 Å². The molecule has 0 atom stereocenters. The molecule has 0 saturated carbocycles. The van der Waals surface area contributed by atoms with Gasteiger partial charge >= 0.3 is 0 Å². The number of rotatable bonds is 5. The van der Waals surface area contributed by atoms with Gasteiger partial charge in [-0.25, -0.2) is 15.0 Å². The fourth-order valence-electron chi connectivity index (χ4n) is 2.43. The zero-order chi connectivity index (χ0) is 15.4. The van der Waals surface area contributed by atoms with Gasteiger partial charge in [0.1, 0.15) is 11.5 Å². The van der Waals surface area contributed by atoms with Crippen molar-refractivity contribution in [2.45, 2.75) is 47.0 Å². The SMILES string of the molecule is CCCNc1nc(-c2cccc(C)n2)nc(C)c1C(C)C. The van der Waals surface area contributed by atoms with E-state index in [1.165, 1.54) is 5.56 Å². The molecule has 4 heteroatoms. The van der Waals surface area contributed by atoms with Gasteiger partial charge in [0, 0.05) is 23.5 Å². The van der Waals surface area contributed by atoms with E-state index in [-0.39, 0.29) is 0 Å². The van der Waals surface area contributed by atoms with Crippen molar-refractivity contribution in [3.63, 3.8) is 0 Å². The maximum Gasteiger partial charge on any atom is 0.180 e. The van der Waals surface area contributed by atoms with Crippen molar-refractivity contribution in [1.29, 1.82) is 0 Å². The van der Waals surface area contributed by atoms with Crippen LogP contribution in [0.5, 0.6) is 0 Å². The first-order valence-electron chi connectivity index (χ1n) is 7.59. The summed E-state index contributed by atoms with van der Waals surface area (Å²) in [6.45, 7) is 11.4. The van der Waals surface area contributed by atoms with E-state index in [1.54, 1.807) is 0 Å². The topological polar surface area (TPSA) is 50.7 Å². The molecular formula is C17H24N4. The fraction of sp³-hybridized carbons (Fsp3) is 0.471. The van der Waals surface area contributed by atoms with E-state index in [0.29, 0.717) is 11.7 Å². The molecule has 0 aliphatic heterocycles. The van der Waals surface area contributed by atoms with E-state index < -0.39 is 0 Å². The first-order valence-corrected chi connectivity index (χ1v) is 7.59. The zero-order valence-electron chi connectivity index (χ0n) is 13.6. The third-order valence-electron chi connectivity index (χ3n) is 3.37. The van der Waals surface area contributed by atoms with Gasteiger partial charge in [-0.3, -0.25) is 0 Å². The van der Waals surface area contributed by atoms with Gasteiger partial charge in [0.25, 0.3) is 0 Å². The van der Waals surface area contributed by atoms with Crippen LogP contribution in [-0.2, 0) is 0 Å². The normalized spacial score (nSPS) is 11.0.